The molecule has 1 aliphatic heterocycles. The molecule has 2 fully saturated rings. The molecule has 10 heteroatoms. The molecular formula is C23H20Cl2F2N4O2. The van der Waals surface area contributed by atoms with Crippen molar-refractivity contribution in [2.24, 2.45) is 0 Å². The van der Waals surface area contributed by atoms with Crippen molar-refractivity contribution in [3.8, 4) is 0 Å². The van der Waals surface area contributed by atoms with E-state index in [4.69, 9.17) is 23.2 Å². The first-order chi connectivity index (χ1) is 15.6. The third kappa shape index (κ3) is 3.98. The van der Waals surface area contributed by atoms with Crippen LogP contribution in [-0.2, 0) is 4.79 Å². The Balaban J connectivity index is 1.83. The van der Waals surface area contributed by atoms with Gasteiger partial charge in [0.2, 0.25) is 5.91 Å². The third-order valence-electron chi connectivity index (χ3n) is 5.82. The highest BCUT2D eigenvalue weighted by molar-refractivity contribution is 6.44. The lowest BCUT2D eigenvalue weighted by molar-refractivity contribution is -0.131. The Morgan fingerprint density at radius 3 is 2.48 bits per heavy atom. The van der Waals surface area contributed by atoms with Crippen LogP contribution in [0.4, 0.5) is 14.5 Å². The second kappa shape index (κ2) is 8.43. The molecule has 6 nitrogen and oxygen atoms in total. The minimum absolute atomic E-state index is 0.0137. The van der Waals surface area contributed by atoms with Gasteiger partial charge in [-0.25, -0.2) is 13.8 Å². The maximum atomic E-state index is 15.6. The van der Waals surface area contributed by atoms with Crippen LogP contribution < -0.4 is 10.9 Å². The first-order valence-electron chi connectivity index (χ1n) is 10.1. The van der Waals surface area contributed by atoms with Gasteiger partial charge in [0.25, 0.3) is 5.56 Å². The Hall–Kier alpha value is -2.97. The summed E-state index contributed by atoms with van der Waals surface area (Å²) in [5.41, 5.74) is -1.90. The van der Waals surface area contributed by atoms with Gasteiger partial charge in [0.05, 0.1) is 40.7 Å². The molecule has 2 heterocycles. The van der Waals surface area contributed by atoms with Gasteiger partial charge in [-0.05, 0) is 31.1 Å². The highest BCUT2D eigenvalue weighted by atomic mass is 35.5. The van der Waals surface area contributed by atoms with Gasteiger partial charge in [0, 0.05) is 11.6 Å². The zero-order valence-corrected chi connectivity index (χ0v) is 19.0. The van der Waals surface area contributed by atoms with Gasteiger partial charge in [-0.1, -0.05) is 42.9 Å². The predicted octanol–water partition coefficient (Wildman–Crippen LogP) is 4.78. The SMILES string of the molecule is C=CC(=O)N1CC(Nc2ccc3ncn(C4CC4)c(=O)c3c2F)(/C(C(=C)F)=C(\Cl)C(=C)Cl)C1. The number of nitrogens with zero attached hydrogens (tertiary/aromatic N) is 3. The Labute approximate surface area is 198 Å². The van der Waals surface area contributed by atoms with Gasteiger partial charge in [-0.15, -0.1) is 0 Å². The van der Waals surface area contributed by atoms with Gasteiger partial charge in [-0.2, -0.15) is 0 Å². The van der Waals surface area contributed by atoms with E-state index in [0.29, 0.717) is 0 Å². The second-order valence-corrected chi connectivity index (χ2v) is 8.95. The fraction of sp³-hybridized carbons (Fsp3) is 0.261. The monoisotopic (exact) mass is 492 g/mol. The van der Waals surface area contributed by atoms with Crippen molar-refractivity contribution in [1.82, 2.24) is 14.5 Å². The molecule has 0 radical (unpaired) electrons. The molecule has 1 N–H and O–H groups in total. The number of halogens is 4. The number of likely N-dealkylation sites (tertiary alicyclic amines) is 1. The Morgan fingerprint density at radius 2 is 1.94 bits per heavy atom. The van der Waals surface area contributed by atoms with Crippen molar-refractivity contribution < 1.29 is 13.6 Å². The molecule has 0 spiro atoms. The summed E-state index contributed by atoms with van der Waals surface area (Å²) >= 11 is 12.2. The summed E-state index contributed by atoms with van der Waals surface area (Å²) in [5.74, 6) is -2.15. The van der Waals surface area contributed by atoms with Gasteiger partial charge in [0.15, 0.2) is 5.82 Å². The van der Waals surface area contributed by atoms with E-state index < -0.39 is 28.6 Å². The average Bonchev–Trinajstić information content (AvgIpc) is 3.57. The molecule has 1 aliphatic carbocycles. The fourth-order valence-electron chi connectivity index (χ4n) is 4.06. The van der Waals surface area contributed by atoms with Crippen molar-refractivity contribution in [3.63, 3.8) is 0 Å². The first kappa shape index (κ1) is 23.2. The summed E-state index contributed by atoms with van der Waals surface area (Å²) < 4.78 is 31.6. The number of hydrogen-bond acceptors (Lipinski definition) is 4. The van der Waals surface area contributed by atoms with Crippen LogP contribution in [0.1, 0.15) is 18.9 Å². The minimum atomic E-state index is -1.37. The molecule has 1 aromatic heterocycles. The minimum Gasteiger partial charge on any atom is -0.370 e. The molecular weight excluding hydrogens is 473 g/mol. The molecule has 172 valence electrons. The first-order valence-corrected chi connectivity index (χ1v) is 10.8. The smallest absolute Gasteiger partial charge is 0.264 e. The third-order valence-corrected chi connectivity index (χ3v) is 6.52. The summed E-state index contributed by atoms with van der Waals surface area (Å²) in [6.07, 6.45) is 4.19. The zero-order valence-electron chi connectivity index (χ0n) is 17.5. The molecule has 1 aromatic carbocycles. The Morgan fingerprint density at radius 1 is 1.27 bits per heavy atom. The highest BCUT2D eigenvalue weighted by Crippen LogP contribution is 2.42. The maximum Gasteiger partial charge on any atom is 0.264 e. The largest absolute Gasteiger partial charge is 0.370 e. The number of benzene rings is 1. The lowest BCUT2D eigenvalue weighted by atomic mass is 9.80. The number of aromatic nitrogens is 2. The van der Waals surface area contributed by atoms with Crippen LogP contribution in [-0.4, -0.2) is 39.0 Å². The summed E-state index contributed by atoms with van der Waals surface area (Å²) in [6.45, 7) is 10.2. The molecule has 2 aromatic rings. The molecule has 2 aliphatic rings. The van der Waals surface area contributed by atoms with E-state index in [9.17, 15) is 14.0 Å². The van der Waals surface area contributed by atoms with E-state index in [1.165, 1.54) is 27.9 Å². The van der Waals surface area contributed by atoms with Gasteiger partial charge >= 0.3 is 0 Å². The quantitative estimate of drug-likeness (QED) is 0.446. The van der Waals surface area contributed by atoms with E-state index in [-0.39, 0.29) is 51.4 Å². The molecule has 33 heavy (non-hydrogen) atoms. The van der Waals surface area contributed by atoms with Crippen molar-refractivity contribution in [3.05, 3.63) is 81.9 Å². The van der Waals surface area contributed by atoms with Crippen LogP contribution in [0.2, 0.25) is 0 Å². The number of carbonyl (C=O) groups excluding carboxylic acids is 1. The van der Waals surface area contributed by atoms with Crippen molar-refractivity contribution in [2.75, 3.05) is 18.4 Å². The number of rotatable bonds is 7. The van der Waals surface area contributed by atoms with E-state index >= 15 is 4.39 Å². The maximum absolute atomic E-state index is 15.6. The van der Waals surface area contributed by atoms with Crippen LogP contribution in [0.25, 0.3) is 10.9 Å². The van der Waals surface area contributed by atoms with Crippen LogP contribution in [0.5, 0.6) is 0 Å². The van der Waals surface area contributed by atoms with Gasteiger partial charge in [-0.3, -0.25) is 14.2 Å². The molecule has 1 amide bonds. The van der Waals surface area contributed by atoms with Crippen molar-refractivity contribution in [1.29, 1.82) is 0 Å². The summed E-state index contributed by atoms with van der Waals surface area (Å²) in [7, 11) is 0. The van der Waals surface area contributed by atoms with Gasteiger partial charge in [0.1, 0.15) is 16.8 Å². The predicted molar refractivity (Wildman–Crippen MR) is 125 cm³/mol. The number of nitrogens with one attached hydrogen (secondary N) is 1. The van der Waals surface area contributed by atoms with Crippen LogP contribution in [0.15, 0.2) is 70.5 Å². The highest BCUT2D eigenvalue weighted by Gasteiger charge is 2.50. The van der Waals surface area contributed by atoms with Crippen LogP contribution in [0, 0.1) is 5.82 Å². The van der Waals surface area contributed by atoms with Crippen molar-refractivity contribution >= 4 is 45.7 Å². The van der Waals surface area contributed by atoms with Crippen LogP contribution >= 0.6 is 23.2 Å². The number of amides is 1. The number of allylic oxidation sites excluding steroid dienone is 2. The average molecular weight is 493 g/mol. The van der Waals surface area contributed by atoms with E-state index in [1.54, 1.807) is 0 Å². The molecule has 0 bridgehead atoms. The Kier molecular flexibility index (Phi) is 5.92. The lowest BCUT2D eigenvalue weighted by Gasteiger charge is -2.51. The molecule has 1 saturated heterocycles. The van der Waals surface area contributed by atoms with E-state index in [2.05, 4.69) is 30.0 Å². The summed E-state index contributed by atoms with van der Waals surface area (Å²) in [5, 5.41) is 2.42. The molecule has 4 rings (SSSR count). The molecule has 1 saturated carbocycles. The van der Waals surface area contributed by atoms with Gasteiger partial charge < -0.3 is 10.2 Å². The number of fused-ring (bicyclic) bond motifs is 1. The standard InChI is InChI=1S/C23H20Cl2F2N4O2/c1-4-17(32)30-9-23(10-30,19(13(3)26)20(25)12(2)24)29-16-8-7-15-18(21(16)27)22(33)31(11-28-15)14-5-6-14/h4,7-8,11,14,29H,1-3,5-6,9-10H2/b20-19-. The van der Waals surface area contributed by atoms with Crippen molar-refractivity contribution in [2.45, 2.75) is 24.4 Å². The number of carbonyl (C=O) groups is 1. The number of anilines is 1. The van der Waals surface area contributed by atoms with E-state index in [1.807, 2.05) is 0 Å². The Bertz CT molecular complexity index is 1310. The topological polar surface area (TPSA) is 67.2 Å². The molecule has 0 atom stereocenters. The van der Waals surface area contributed by atoms with E-state index in [0.717, 1.165) is 18.9 Å². The zero-order chi connectivity index (χ0) is 24.1. The summed E-state index contributed by atoms with van der Waals surface area (Å²) in [4.78, 5) is 30.5. The molecule has 0 unspecified atom stereocenters. The normalized spacial score (nSPS) is 17.8. The summed E-state index contributed by atoms with van der Waals surface area (Å²) in [6, 6.07) is 2.90. The fourth-order valence-corrected chi connectivity index (χ4v) is 4.44. The second-order valence-electron chi connectivity index (χ2n) is 8.11. The van der Waals surface area contributed by atoms with Crippen LogP contribution in [0.3, 0.4) is 0 Å². The number of hydrogen-bond donors (Lipinski definition) is 1. The lowest BCUT2D eigenvalue weighted by Crippen LogP contribution is -2.68.